The van der Waals surface area contributed by atoms with Gasteiger partial charge in [-0.3, -0.25) is 0 Å². The summed E-state index contributed by atoms with van der Waals surface area (Å²) >= 11 is 0. The first kappa shape index (κ1) is 16.7. The molecule has 0 aromatic carbocycles. The van der Waals surface area contributed by atoms with Crippen LogP contribution in [0.25, 0.3) is 0 Å². The molecule has 0 aliphatic rings. The van der Waals surface area contributed by atoms with E-state index >= 15 is 0 Å². The molecule has 0 spiro atoms. The quantitative estimate of drug-likeness (QED) is 0.588. The van der Waals surface area contributed by atoms with Gasteiger partial charge >= 0.3 is 6.18 Å². The van der Waals surface area contributed by atoms with Gasteiger partial charge in [0.1, 0.15) is 6.61 Å². The van der Waals surface area contributed by atoms with Crippen LogP contribution in [-0.2, 0) is 4.74 Å². The predicted molar refractivity (Wildman–Crippen MR) is 59.8 cm³/mol. The van der Waals surface area contributed by atoms with Gasteiger partial charge in [0.15, 0.2) is 0 Å². The van der Waals surface area contributed by atoms with E-state index in [4.69, 9.17) is 5.11 Å². The van der Waals surface area contributed by atoms with Crippen LogP contribution in [0.4, 0.5) is 13.2 Å². The van der Waals surface area contributed by atoms with Crippen LogP contribution in [0.1, 0.15) is 26.2 Å². The maximum Gasteiger partial charge on any atom is 0.411 e. The van der Waals surface area contributed by atoms with E-state index in [1.54, 1.807) is 0 Å². The molecular formula is C11H22F3NO2. The predicted octanol–water partition coefficient (Wildman–Crippen LogP) is 1.95. The normalized spacial score (nSPS) is 13.9. The van der Waals surface area contributed by atoms with Gasteiger partial charge in [-0.05, 0) is 31.8 Å². The van der Waals surface area contributed by atoms with Gasteiger partial charge in [0.25, 0.3) is 0 Å². The maximum absolute atomic E-state index is 11.7. The third-order valence-corrected chi connectivity index (χ3v) is 2.46. The summed E-state index contributed by atoms with van der Waals surface area (Å²) in [6.07, 6.45) is -1.93. The molecule has 2 N–H and O–H groups in total. The van der Waals surface area contributed by atoms with Gasteiger partial charge in [-0.1, -0.05) is 13.3 Å². The van der Waals surface area contributed by atoms with Gasteiger partial charge in [-0.2, -0.15) is 13.2 Å². The summed E-state index contributed by atoms with van der Waals surface area (Å²) in [5.74, 6) is 0.427. The fourth-order valence-corrected chi connectivity index (χ4v) is 1.43. The number of alkyl halides is 3. The van der Waals surface area contributed by atoms with E-state index in [0.29, 0.717) is 18.9 Å². The molecule has 0 saturated heterocycles. The summed E-state index contributed by atoms with van der Waals surface area (Å²) in [6.45, 7) is 2.60. The number of rotatable bonds is 10. The zero-order valence-corrected chi connectivity index (χ0v) is 10.2. The van der Waals surface area contributed by atoms with E-state index in [-0.39, 0.29) is 13.2 Å². The van der Waals surface area contributed by atoms with Crippen LogP contribution in [0.5, 0.6) is 0 Å². The molecule has 0 fully saturated rings. The van der Waals surface area contributed by atoms with Gasteiger partial charge < -0.3 is 15.2 Å². The lowest BCUT2D eigenvalue weighted by Crippen LogP contribution is -2.25. The van der Waals surface area contributed by atoms with Crippen molar-refractivity contribution in [3.63, 3.8) is 0 Å². The van der Waals surface area contributed by atoms with Gasteiger partial charge in [-0.25, -0.2) is 0 Å². The minimum Gasteiger partial charge on any atom is -0.396 e. The molecule has 0 radical (unpaired) electrons. The monoisotopic (exact) mass is 257 g/mol. The molecule has 1 unspecified atom stereocenters. The van der Waals surface area contributed by atoms with Gasteiger partial charge in [0.2, 0.25) is 0 Å². The van der Waals surface area contributed by atoms with Crippen LogP contribution in [0.15, 0.2) is 0 Å². The van der Waals surface area contributed by atoms with Crippen molar-refractivity contribution in [1.82, 2.24) is 5.32 Å². The largest absolute Gasteiger partial charge is 0.411 e. The lowest BCUT2D eigenvalue weighted by atomic mass is 10.0. The molecule has 0 aliphatic carbocycles. The highest BCUT2D eigenvalue weighted by molar-refractivity contribution is 4.60. The number of aliphatic hydroxyl groups excluding tert-OH is 1. The molecule has 3 nitrogen and oxygen atoms in total. The first-order valence-corrected chi connectivity index (χ1v) is 5.95. The Labute approximate surface area is 100 Å². The number of hydrogen-bond acceptors (Lipinski definition) is 3. The van der Waals surface area contributed by atoms with E-state index in [9.17, 15) is 13.2 Å². The Morgan fingerprint density at radius 3 is 2.59 bits per heavy atom. The van der Waals surface area contributed by atoms with E-state index in [0.717, 1.165) is 19.4 Å². The molecule has 0 aromatic heterocycles. The Hall–Kier alpha value is -0.330. The van der Waals surface area contributed by atoms with Crippen molar-refractivity contribution < 1.29 is 23.0 Å². The molecule has 0 saturated carbocycles. The molecule has 0 rings (SSSR count). The van der Waals surface area contributed by atoms with Crippen LogP contribution in [0.2, 0.25) is 0 Å². The average molecular weight is 257 g/mol. The van der Waals surface area contributed by atoms with Crippen LogP contribution < -0.4 is 5.32 Å². The molecule has 1 atom stereocenters. The van der Waals surface area contributed by atoms with Crippen LogP contribution in [-0.4, -0.2) is 44.2 Å². The third-order valence-electron chi connectivity index (χ3n) is 2.46. The highest BCUT2D eigenvalue weighted by atomic mass is 19.4. The van der Waals surface area contributed by atoms with Crippen molar-refractivity contribution in [3.05, 3.63) is 0 Å². The number of halogens is 3. The second-order valence-corrected chi connectivity index (χ2v) is 4.01. The van der Waals surface area contributed by atoms with Gasteiger partial charge in [-0.15, -0.1) is 0 Å². The standard InChI is InChI=1S/C11H22F3NO2/c1-2-10(4-6-16)8-15-5-3-7-17-9-11(12,13)14/h10,15-16H,2-9H2,1H3. The van der Waals surface area contributed by atoms with Crippen molar-refractivity contribution in [2.24, 2.45) is 5.92 Å². The number of ether oxygens (including phenoxy) is 1. The maximum atomic E-state index is 11.7. The highest BCUT2D eigenvalue weighted by Crippen LogP contribution is 2.14. The number of hydrogen-bond donors (Lipinski definition) is 2. The van der Waals surface area contributed by atoms with Crippen LogP contribution >= 0.6 is 0 Å². The summed E-state index contributed by atoms with van der Waals surface area (Å²) in [7, 11) is 0. The fourth-order valence-electron chi connectivity index (χ4n) is 1.43. The molecule has 104 valence electrons. The Kier molecular flexibility index (Phi) is 9.49. The molecule has 0 amide bonds. The van der Waals surface area contributed by atoms with Crippen LogP contribution in [0, 0.1) is 5.92 Å². The number of nitrogens with one attached hydrogen (secondary N) is 1. The van der Waals surface area contributed by atoms with Crippen molar-refractivity contribution in [1.29, 1.82) is 0 Å². The molecule has 0 heterocycles. The topological polar surface area (TPSA) is 41.5 Å². The second-order valence-electron chi connectivity index (χ2n) is 4.01. The van der Waals surface area contributed by atoms with Crippen molar-refractivity contribution in [2.75, 3.05) is 32.9 Å². The van der Waals surface area contributed by atoms with Crippen molar-refractivity contribution >= 4 is 0 Å². The molecule has 0 bridgehead atoms. The van der Waals surface area contributed by atoms with E-state index in [1.807, 2.05) is 0 Å². The smallest absolute Gasteiger partial charge is 0.396 e. The highest BCUT2D eigenvalue weighted by Gasteiger charge is 2.27. The van der Waals surface area contributed by atoms with Crippen LogP contribution in [0.3, 0.4) is 0 Å². The second kappa shape index (κ2) is 9.67. The first-order valence-electron chi connectivity index (χ1n) is 5.95. The molecule has 6 heteroatoms. The molecule has 0 aliphatic heterocycles. The molecule has 0 aromatic rings. The Bertz CT molecular complexity index is 177. The molecule has 17 heavy (non-hydrogen) atoms. The third kappa shape index (κ3) is 11.9. The Balaban J connectivity index is 3.28. The summed E-state index contributed by atoms with van der Waals surface area (Å²) in [5.41, 5.74) is 0. The summed E-state index contributed by atoms with van der Waals surface area (Å²) < 4.78 is 39.6. The lowest BCUT2D eigenvalue weighted by Gasteiger charge is -2.14. The summed E-state index contributed by atoms with van der Waals surface area (Å²) in [6, 6.07) is 0. The SMILES string of the molecule is CCC(CCO)CNCCCOCC(F)(F)F. The summed E-state index contributed by atoms with van der Waals surface area (Å²) in [4.78, 5) is 0. The van der Waals surface area contributed by atoms with E-state index < -0.39 is 12.8 Å². The number of aliphatic hydroxyl groups is 1. The zero-order valence-electron chi connectivity index (χ0n) is 10.2. The van der Waals surface area contributed by atoms with E-state index in [2.05, 4.69) is 17.0 Å². The van der Waals surface area contributed by atoms with Gasteiger partial charge in [0, 0.05) is 13.2 Å². The summed E-state index contributed by atoms with van der Waals surface area (Å²) in [5, 5.41) is 11.9. The lowest BCUT2D eigenvalue weighted by molar-refractivity contribution is -0.173. The minimum atomic E-state index is -4.23. The van der Waals surface area contributed by atoms with Gasteiger partial charge in [0.05, 0.1) is 0 Å². The Morgan fingerprint density at radius 1 is 1.35 bits per heavy atom. The average Bonchev–Trinajstić information content (AvgIpc) is 2.24. The molecular weight excluding hydrogens is 235 g/mol. The zero-order chi connectivity index (χ0) is 13.1. The fraction of sp³-hybridized carbons (Fsp3) is 1.00. The van der Waals surface area contributed by atoms with E-state index in [1.165, 1.54) is 0 Å². The Morgan fingerprint density at radius 2 is 2.06 bits per heavy atom. The van der Waals surface area contributed by atoms with Crippen molar-refractivity contribution in [2.45, 2.75) is 32.4 Å². The first-order chi connectivity index (χ1) is 7.99. The minimum absolute atomic E-state index is 0.114. The van der Waals surface area contributed by atoms with Crippen molar-refractivity contribution in [3.8, 4) is 0 Å².